The first-order chi connectivity index (χ1) is 9.49. The van der Waals surface area contributed by atoms with Gasteiger partial charge in [0.15, 0.2) is 6.29 Å². The Bertz CT molecular complexity index is 341. The van der Waals surface area contributed by atoms with E-state index in [0.717, 1.165) is 0 Å². The average molecular weight is 293 g/mol. The van der Waals surface area contributed by atoms with Gasteiger partial charge in [-0.05, 0) is 6.92 Å². The van der Waals surface area contributed by atoms with Gasteiger partial charge in [-0.15, -0.1) is 4.91 Å². The lowest BCUT2D eigenvalue weighted by atomic mass is 9.97. The molecular weight excluding hydrogens is 274 g/mol. The first-order valence-electron chi connectivity index (χ1n) is 6.06. The van der Waals surface area contributed by atoms with Gasteiger partial charge < -0.3 is 30.1 Å². The smallest absolute Gasteiger partial charge is 0.340 e. The Morgan fingerprint density at radius 3 is 2.55 bits per heavy atom. The normalized spacial score (nSPS) is 33.5. The van der Waals surface area contributed by atoms with E-state index in [1.54, 1.807) is 6.92 Å². The third-order valence-electron chi connectivity index (χ3n) is 3.04. The number of methoxy groups -OCH3 is 1. The van der Waals surface area contributed by atoms with Crippen molar-refractivity contribution in [2.45, 2.75) is 37.6 Å². The first-order valence-corrected chi connectivity index (χ1v) is 6.06. The minimum Gasteiger partial charge on any atom is -0.394 e. The van der Waals surface area contributed by atoms with Crippen LogP contribution in [-0.2, 0) is 9.47 Å². The summed E-state index contributed by atoms with van der Waals surface area (Å²) in [6.07, 6.45) is -4.95. The second-order valence-electron chi connectivity index (χ2n) is 4.22. The van der Waals surface area contributed by atoms with Crippen LogP contribution in [0, 0.1) is 4.91 Å². The molecule has 10 nitrogen and oxygen atoms in total. The molecule has 1 rings (SSSR count). The molecule has 1 fully saturated rings. The SMILES string of the molecule is CCN(N=O)C(=O)N[C@H]1[C@H](OC)O[C@H](CO)[C@@H](O)[C@@H]1O. The number of aliphatic hydroxyl groups is 3. The number of nitroso groups, excluding NO2 is 1. The molecule has 20 heavy (non-hydrogen) atoms. The van der Waals surface area contributed by atoms with Crippen LogP contribution in [0.5, 0.6) is 0 Å². The quantitative estimate of drug-likeness (QED) is 0.344. The van der Waals surface area contributed by atoms with Crippen molar-refractivity contribution in [1.82, 2.24) is 10.3 Å². The van der Waals surface area contributed by atoms with Crippen LogP contribution in [0.15, 0.2) is 5.29 Å². The standard InChI is InChI=1S/C10H19N3O7/c1-3-13(12-18)10(17)11-6-8(16)7(15)5(4-14)20-9(6)19-2/h5-9,14-16H,3-4H2,1-2H3,(H,11,17)/t5-,6-,7-,8-,9-/m1/s1. The van der Waals surface area contributed by atoms with Crippen molar-refractivity contribution in [3.8, 4) is 0 Å². The van der Waals surface area contributed by atoms with Crippen LogP contribution in [0.4, 0.5) is 4.79 Å². The molecule has 0 aliphatic carbocycles. The fourth-order valence-electron chi connectivity index (χ4n) is 1.89. The van der Waals surface area contributed by atoms with E-state index < -0.39 is 43.3 Å². The Kier molecular flexibility index (Phi) is 6.23. The first kappa shape index (κ1) is 16.7. The van der Waals surface area contributed by atoms with Crippen molar-refractivity contribution in [1.29, 1.82) is 0 Å². The summed E-state index contributed by atoms with van der Waals surface area (Å²) in [5.41, 5.74) is 0. The van der Waals surface area contributed by atoms with E-state index in [0.29, 0.717) is 5.01 Å². The number of nitrogens with zero attached hydrogens (tertiary/aromatic N) is 2. The molecule has 1 saturated heterocycles. The van der Waals surface area contributed by atoms with Gasteiger partial charge >= 0.3 is 6.03 Å². The molecule has 1 heterocycles. The lowest BCUT2D eigenvalue weighted by Gasteiger charge is -2.41. The summed E-state index contributed by atoms with van der Waals surface area (Å²) >= 11 is 0. The summed E-state index contributed by atoms with van der Waals surface area (Å²) in [5.74, 6) is 0. The molecule has 0 aromatic rings. The van der Waals surface area contributed by atoms with Crippen molar-refractivity contribution in [2.75, 3.05) is 20.3 Å². The number of urea groups is 1. The number of carbonyl (C=O) groups excluding carboxylic acids is 1. The summed E-state index contributed by atoms with van der Waals surface area (Å²) in [6, 6.07) is -1.96. The Hall–Kier alpha value is -1.33. The number of carbonyl (C=O) groups is 1. The van der Waals surface area contributed by atoms with Gasteiger partial charge in [0, 0.05) is 13.7 Å². The van der Waals surface area contributed by atoms with Gasteiger partial charge in [-0.2, -0.15) is 5.01 Å². The molecule has 5 atom stereocenters. The molecule has 0 saturated carbocycles. The average Bonchev–Trinajstić information content (AvgIpc) is 2.45. The van der Waals surface area contributed by atoms with Crippen molar-refractivity contribution in [2.24, 2.45) is 5.29 Å². The minimum absolute atomic E-state index is 0.0402. The largest absolute Gasteiger partial charge is 0.394 e. The Labute approximate surface area is 115 Å². The van der Waals surface area contributed by atoms with E-state index in [2.05, 4.69) is 10.6 Å². The lowest BCUT2D eigenvalue weighted by Crippen LogP contribution is -2.65. The lowest BCUT2D eigenvalue weighted by molar-refractivity contribution is -0.261. The molecule has 10 heteroatoms. The molecule has 0 unspecified atom stereocenters. The van der Waals surface area contributed by atoms with Crippen molar-refractivity contribution >= 4 is 6.03 Å². The van der Waals surface area contributed by atoms with Gasteiger partial charge in [-0.25, -0.2) is 4.79 Å². The highest BCUT2D eigenvalue weighted by Crippen LogP contribution is 2.21. The monoisotopic (exact) mass is 293 g/mol. The molecular formula is C10H19N3O7. The van der Waals surface area contributed by atoms with Gasteiger partial charge in [-0.1, -0.05) is 0 Å². The van der Waals surface area contributed by atoms with Crippen LogP contribution >= 0.6 is 0 Å². The van der Waals surface area contributed by atoms with Crippen LogP contribution in [-0.4, -0.2) is 77.3 Å². The summed E-state index contributed by atoms with van der Waals surface area (Å²) in [6.45, 7) is 1.06. The van der Waals surface area contributed by atoms with E-state index >= 15 is 0 Å². The summed E-state index contributed by atoms with van der Waals surface area (Å²) < 4.78 is 10.2. The maximum absolute atomic E-state index is 11.7. The maximum atomic E-state index is 11.7. The molecule has 1 aliphatic rings. The van der Waals surface area contributed by atoms with Gasteiger partial charge in [-0.3, -0.25) is 0 Å². The zero-order valence-electron chi connectivity index (χ0n) is 11.2. The molecule has 2 amide bonds. The highest BCUT2D eigenvalue weighted by Gasteiger charge is 2.45. The number of nitrogens with one attached hydrogen (secondary N) is 1. The van der Waals surface area contributed by atoms with E-state index in [-0.39, 0.29) is 6.54 Å². The molecule has 0 aromatic heterocycles. The van der Waals surface area contributed by atoms with Crippen LogP contribution in [0.1, 0.15) is 6.92 Å². The van der Waals surface area contributed by atoms with Gasteiger partial charge in [0.25, 0.3) is 0 Å². The second kappa shape index (κ2) is 7.45. The third kappa shape index (κ3) is 3.41. The zero-order chi connectivity index (χ0) is 15.3. The number of hydrogen-bond donors (Lipinski definition) is 4. The minimum atomic E-state index is -1.43. The van der Waals surface area contributed by atoms with Crippen LogP contribution in [0.2, 0.25) is 0 Å². The maximum Gasteiger partial charge on any atom is 0.340 e. The van der Waals surface area contributed by atoms with Gasteiger partial charge in [0.2, 0.25) is 0 Å². The predicted octanol–water partition coefficient (Wildman–Crippen LogP) is -1.85. The molecule has 4 N–H and O–H groups in total. The number of ether oxygens (including phenoxy) is 2. The highest BCUT2D eigenvalue weighted by atomic mass is 16.7. The summed E-state index contributed by atoms with van der Waals surface area (Å²) in [5, 5.41) is 34.1. The Balaban J connectivity index is 2.80. The summed E-state index contributed by atoms with van der Waals surface area (Å²) in [4.78, 5) is 22.1. The molecule has 1 aliphatic heterocycles. The number of aliphatic hydroxyl groups excluding tert-OH is 3. The van der Waals surface area contributed by atoms with Crippen molar-refractivity contribution in [3.05, 3.63) is 4.91 Å². The third-order valence-corrected chi connectivity index (χ3v) is 3.04. The fourth-order valence-corrected chi connectivity index (χ4v) is 1.89. The van der Waals surface area contributed by atoms with Crippen LogP contribution < -0.4 is 5.32 Å². The van der Waals surface area contributed by atoms with Gasteiger partial charge in [0.05, 0.1) is 11.9 Å². The molecule has 0 radical (unpaired) electrons. The molecule has 0 aromatic carbocycles. The fraction of sp³-hybridized carbons (Fsp3) is 0.900. The van der Waals surface area contributed by atoms with Crippen molar-refractivity contribution < 1.29 is 29.6 Å². The number of rotatable bonds is 5. The van der Waals surface area contributed by atoms with Crippen molar-refractivity contribution in [3.63, 3.8) is 0 Å². The van der Waals surface area contributed by atoms with E-state index in [4.69, 9.17) is 14.6 Å². The van der Waals surface area contributed by atoms with E-state index in [1.807, 2.05) is 0 Å². The van der Waals surface area contributed by atoms with E-state index in [1.165, 1.54) is 7.11 Å². The van der Waals surface area contributed by atoms with Crippen LogP contribution in [0.25, 0.3) is 0 Å². The highest BCUT2D eigenvalue weighted by molar-refractivity contribution is 5.74. The topological polar surface area (TPSA) is 141 Å². The predicted molar refractivity (Wildman–Crippen MR) is 65.3 cm³/mol. The van der Waals surface area contributed by atoms with Crippen LogP contribution in [0.3, 0.4) is 0 Å². The molecule has 0 bridgehead atoms. The second-order valence-corrected chi connectivity index (χ2v) is 4.22. The Morgan fingerprint density at radius 1 is 1.45 bits per heavy atom. The molecule has 0 spiro atoms. The van der Waals surface area contributed by atoms with Gasteiger partial charge in [0.1, 0.15) is 24.4 Å². The summed E-state index contributed by atoms with van der Waals surface area (Å²) in [7, 11) is 1.28. The number of hydrogen-bond acceptors (Lipinski definition) is 8. The Morgan fingerprint density at radius 2 is 2.10 bits per heavy atom. The number of amides is 2. The van der Waals surface area contributed by atoms with E-state index in [9.17, 15) is 19.9 Å². The molecule has 116 valence electrons. The zero-order valence-corrected chi connectivity index (χ0v) is 11.2.